The molecule has 0 aromatic heterocycles. The van der Waals surface area contributed by atoms with Crippen molar-refractivity contribution in [1.82, 2.24) is 0 Å². The molecule has 1 aromatic carbocycles. The van der Waals surface area contributed by atoms with E-state index in [1.165, 1.54) is 0 Å². The molecule has 5 fully saturated rings. The number of aliphatic carboxylic acids is 1. The topological polar surface area (TPSA) is 207 Å². The number of ether oxygens (including phenoxy) is 3. The van der Waals surface area contributed by atoms with Gasteiger partial charge in [0.05, 0.1) is 38.1 Å². The Bertz CT molecular complexity index is 1640. The highest BCUT2D eigenvalue weighted by molar-refractivity contribution is 5.77. The van der Waals surface area contributed by atoms with E-state index in [2.05, 4.69) is 26.8 Å². The number of aliphatic hydroxyl groups is 7. The van der Waals surface area contributed by atoms with Crippen LogP contribution in [0.25, 0.3) is 0 Å². The van der Waals surface area contributed by atoms with Crippen molar-refractivity contribution in [2.75, 3.05) is 26.4 Å². The fourth-order valence-electron chi connectivity index (χ4n) is 14.1. The molecule has 1 aromatic rings. The fourth-order valence-corrected chi connectivity index (χ4v) is 14.1. The highest BCUT2D eigenvalue weighted by atomic mass is 16.7. The number of hydrogen-bond acceptors (Lipinski definition) is 11. The second-order valence-corrected chi connectivity index (χ2v) is 20.3. The van der Waals surface area contributed by atoms with Crippen molar-refractivity contribution in [1.29, 1.82) is 0 Å². The highest BCUT2D eigenvalue weighted by Gasteiger charge is 2.73. The van der Waals surface area contributed by atoms with Crippen LogP contribution in [0.15, 0.2) is 42.0 Å². The van der Waals surface area contributed by atoms with E-state index in [1.807, 2.05) is 44.2 Å². The minimum Gasteiger partial charge on any atom is -0.481 e. The normalized spacial score (nSPS) is 49.5. The van der Waals surface area contributed by atoms with E-state index in [1.54, 1.807) is 0 Å². The Morgan fingerprint density at radius 2 is 1.61 bits per heavy atom. The number of carbonyl (C=O) groups is 1. The molecule has 0 radical (unpaired) electrons. The van der Waals surface area contributed by atoms with Gasteiger partial charge in [0.25, 0.3) is 0 Å². The minimum atomic E-state index is -1.52. The predicted molar refractivity (Wildman–Crippen MR) is 209 cm³/mol. The zero-order valence-electron chi connectivity index (χ0n) is 34.4. The molecule has 0 bridgehead atoms. The van der Waals surface area contributed by atoms with E-state index in [0.717, 1.165) is 24.0 Å². The maximum absolute atomic E-state index is 13.4. The summed E-state index contributed by atoms with van der Waals surface area (Å²) in [6.07, 6.45) is -0.811. The van der Waals surface area contributed by atoms with Gasteiger partial charge in [-0.2, -0.15) is 0 Å². The maximum Gasteiger partial charge on any atom is 0.312 e. The fraction of sp³-hybridized carbons (Fsp3) is 0.800. The van der Waals surface area contributed by atoms with Crippen molar-refractivity contribution < 1.29 is 59.9 Å². The first-order valence-corrected chi connectivity index (χ1v) is 21.3. The second-order valence-electron chi connectivity index (χ2n) is 20.3. The molecule has 1 heterocycles. The van der Waals surface area contributed by atoms with Crippen molar-refractivity contribution in [3.8, 4) is 0 Å². The number of benzene rings is 1. The standard InChI is InChI=1S/C45H68O12/c1-40(24-47)19-29-28-18-27(12-9-17-46)36-41(2)20-31(55-22-26-10-7-6-8-11-26)37(57-38-35(52)34(51)30(49)23-56-38)42(3,25-48)32(41)13-14-44(36,5)43(28,4)15-16-45(29,39(53)54)33(50)21-40/h6-8,10-11,18,27,29-38,46-52H,9,12-17,19-25H2,1-5H3,(H,53,54). The summed E-state index contributed by atoms with van der Waals surface area (Å²) in [5.74, 6) is -1.61. The lowest BCUT2D eigenvalue weighted by atomic mass is 9.31. The van der Waals surface area contributed by atoms with Crippen molar-refractivity contribution in [2.45, 2.75) is 142 Å². The van der Waals surface area contributed by atoms with Crippen LogP contribution >= 0.6 is 0 Å². The first kappa shape index (κ1) is 43.1. The largest absolute Gasteiger partial charge is 0.481 e. The van der Waals surface area contributed by atoms with Crippen LogP contribution < -0.4 is 0 Å². The zero-order chi connectivity index (χ0) is 41.3. The number of hydrogen-bond donors (Lipinski definition) is 8. The van der Waals surface area contributed by atoms with E-state index >= 15 is 0 Å². The van der Waals surface area contributed by atoms with Crippen molar-refractivity contribution >= 4 is 5.97 Å². The predicted octanol–water partition coefficient (Wildman–Crippen LogP) is 3.81. The lowest BCUT2D eigenvalue weighted by Crippen LogP contribution is -2.71. The first-order chi connectivity index (χ1) is 26.9. The molecule has 7 rings (SSSR count). The maximum atomic E-state index is 13.4. The zero-order valence-corrected chi connectivity index (χ0v) is 34.4. The van der Waals surface area contributed by atoms with E-state index < -0.39 is 81.9 Å². The molecular formula is C45H68O12. The molecule has 5 aliphatic carbocycles. The second kappa shape index (κ2) is 15.5. The number of rotatable bonds is 11. The quantitative estimate of drug-likeness (QED) is 0.119. The van der Waals surface area contributed by atoms with Gasteiger partial charge in [0, 0.05) is 18.6 Å². The monoisotopic (exact) mass is 800 g/mol. The van der Waals surface area contributed by atoms with E-state index in [9.17, 15) is 45.6 Å². The molecule has 57 heavy (non-hydrogen) atoms. The number of carboxylic acids is 1. The van der Waals surface area contributed by atoms with E-state index in [0.29, 0.717) is 38.5 Å². The van der Waals surface area contributed by atoms with Crippen molar-refractivity contribution in [2.24, 2.45) is 56.2 Å². The van der Waals surface area contributed by atoms with Gasteiger partial charge in [-0.1, -0.05) is 76.6 Å². The van der Waals surface area contributed by atoms with Gasteiger partial charge in [0.1, 0.15) is 23.7 Å². The summed E-state index contributed by atoms with van der Waals surface area (Å²) in [7, 11) is 0. The number of fused-ring (bicyclic) bond motifs is 7. The molecule has 1 aliphatic heterocycles. The Labute approximate surface area is 337 Å². The minimum absolute atomic E-state index is 0.00164. The van der Waals surface area contributed by atoms with Gasteiger partial charge in [-0.25, -0.2) is 0 Å². The van der Waals surface area contributed by atoms with Crippen LogP contribution in [0, 0.1) is 56.2 Å². The lowest BCUT2D eigenvalue weighted by Gasteiger charge is -2.73. The summed E-state index contributed by atoms with van der Waals surface area (Å²) in [6.45, 7) is 10.6. The van der Waals surface area contributed by atoms with Gasteiger partial charge >= 0.3 is 5.97 Å². The summed E-state index contributed by atoms with van der Waals surface area (Å²) >= 11 is 0. The summed E-state index contributed by atoms with van der Waals surface area (Å²) in [5.41, 5.74) is -2.15. The Morgan fingerprint density at radius 3 is 2.26 bits per heavy atom. The Hall–Kier alpha value is -1.97. The molecule has 12 nitrogen and oxygen atoms in total. The summed E-state index contributed by atoms with van der Waals surface area (Å²) in [6, 6.07) is 9.81. The van der Waals surface area contributed by atoms with Crippen LogP contribution in [0.4, 0.5) is 0 Å². The third-order valence-corrected chi connectivity index (χ3v) is 17.2. The van der Waals surface area contributed by atoms with Gasteiger partial charge in [-0.15, -0.1) is 0 Å². The van der Waals surface area contributed by atoms with Gasteiger partial charge in [0.15, 0.2) is 6.29 Å². The average Bonchev–Trinajstić information content (AvgIpc) is 3.18. The molecule has 4 saturated carbocycles. The van der Waals surface area contributed by atoms with Gasteiger partial charge < -0.3 is 55.1 Å². The van der Waals surface area contributed by atoms with Crippen LogP contribution in [-0.4, -0.2) is 116 Å². The van der Waals surface area contributed by atoms with Gasteiger partial charge in [0.2, 0.25) is 0 Å². The summed E-state index contributed by atoms with van der Waals surface area (Å²) < 4.78 is 19.4. The Balaban J connectivity index is 1.35. The van der Waals surface area contributed by atoms with Crippen LogP contribution in [0.3, 0.4) is 0 Å². The molecule has 17 atom stereocenters. The number of allylic oxidation sites excluding steroid dienone is 2. The average molecular weight is 801 g/mol. The molecular weight excluding hydrogens is 732 g/mol. The van der Waals surface area contributed by atoms with Gasteiger partial charge in [-0.05, 0) is 109 Å². The van der Waals surface area contributed by atoms with Crippen LogP contribution in [0.5, 0.6) is 0 Å². The molecule has 320 valence electrons. The first-order valence-electron chi connectivity index (χ1n) is 21.3. The van der Waals surface area contributed by atoms with Crippen molar-refractivity contribution in [3.63, 3.8) is 0 Å². The van der Waals surface area contributed by atoms with Gasteiger partial charge in [-0.3, -0.25) is 4.79 Å². The smallest absolute Gasteiger partial charge is 0.312 e. The van der Waals surface area contributed by atoms with Crippen LogP contribution in [-0.2, 0) is 25.6 Å². The summed E-state index contributed by atoms with van der Waals surface area (Å²) in [4.78, 5) is 13.4. The lowest BCUT2D eigenvalue weighted by molar-refractivity contribution is -0.334. The molecule has 12 heteroatoms. The van der Waals surface area contributed by atoms with E-state index in [-0.39, 0.29) is 62.6 Å². The Morgan fingerprint density at radius 1 is 0.895 bits per heavy atom. The molecule has 17 unspecified atom stereocenters. The van der Waals surface area contributed by atoms with Crippen LogP contribution in [0.2, 0.25) is 0 Å². The molecule has 0 spiro atoms. The van der Waals surface area contributed by atoms with Crippen molar-refractivity contribution in [3.05, 3.63) is 47.5 Å². The molecule has 6 aliphatic rings. The number of carboxylic acid groups (broad SMARTS) is 1. The number of aliphatic hydroxyl groups excluding tert-OH is 7. The molecule has 8 N–H and O–H groups in total. The Kier molecular flexibility index (Phi) is 11.7. The van der Waals surface area contributed by atoms with Crippen LogP contribution in [0.1, 0.15) is 98.0 Å². The third kappa shape index (κ3) is 6.59. The highest BCUT2D eigenvalue weighted by Crippen LogP contribution is 2.77. The summed E-state index contributed by atoms with van der Waals surface area (Å²) in [5, 5.41) is 87.1. The van der Waals surface area contributed by atoms with E-state index in [4.69, 9.17) is 14.2 Å². The SMILES string of the molecule is CC1(CO)CC(O)C2(C(=O)O)CCC3(C)C(=CC(CCCO)C4C5(C)CC(OCc6ccccc6)C(OC6OCC(O)C(O)C6O)C(C)(CO)C5CCC43C)C2C1. The molecule has 0 amide bonds. The third-order valence-electron chi connectivity index (χ3n) is 17.2. The molecule has 1 saturated heterocycles.